The van der Waals surface area contributed by atoms with Gasteiger partial charge >= 0.3 is 0 Å². The minimum absolute atomic E-state index is 0.141. The van der Waals surface area contributed by atoms with E-state index in [0.29, 0.717) is 21.2 Å². The van der Waals surface area contributed by atoms with Crippen molar-refractivity contribution in [1.82, 2.24) is 9.97 Å². The maximum atomic E-state index is 13.3. The van der Waals surface area contributed by atoms with Crippen molar-refractivity contribution in [3.8, 4) is 5.75 Å². The molecular weight excluding hydrogens is 322 g/mol. The monoisotopic (exact) mass is 330 g/mol. The van der Waals surface area contributed by atoms with Crippen LogP contribution in [0, 0.1) is 12.7 Å². The summed E-state index contributed by atoms with van der Waals surface area (Å²) in [5.41, 5.74) is 0.760. The zero-order valence-electron chi connectivity index (χ0n) is 9.45. The highest BCUT2D eigenvalue weighted by molar-refractivity contribution is 9.10. The molecule has 1 heterocycles. The van der Waals surface area contributed by atoms with Gasteiger partial charge in [0.15, 0.2) is 5.82 Å². The Bertz CT molecular complexity index is 560. The van der Waals surface area contributed by atoms with Crippen molar-refractivity contribution < 1.29 is 9.13 Å². The van der Waals surface area contributed by atoms with Gasteiger partial charge in [-0.05, 0) is 41.1 Å². The Balaban J connectivity index is 2.08. The molecule has 0 atom stereocenters. The summed E-state index contributed by atoms with van der Waals surface area (Å²) in [7, 11) is 0. The van der Waals surface area contributed by atoms with Crippen LogP contribution < -0.4 is 4.74 Å². The third-order valence-electron chi connectivity index (χ3n) is 2.13. The fraction of sp³-hybridized carbons (Fsp3) is 0.167. The SMILES string of the molecule is Cc1cc(Cl)nc(COc2ccc(Br)c(F)c2)n1. The van der Waals surface area contributed by atoms with E-state index in [-0.39, 0.29) is 12.4 Å². The molecule has 0 bridgehead atoms. The predicted octanol–water partition coefficient (Wildman–Crippen LogP) is 3.92. The summed E-state index contributed by atoms with van der Waals surface area (Å²) in [6, 6.07) is 6.19. The van der Waals surface area contributed by atoms with E-state index in [1.165, 1.54) is 6.07 Å². The Morgan fingerprint density at radius 3 is 2.78 bits per heavy atom. The van der Waals surface area contributed by atoms with E-state index in [2.05, 4.69) is 25.9 Å². The lowest BCUT2D eigenvalue weighted by molar-refractivity contribution is 0.294. The Morgan fingerprint density at radius 1 is 1.33 bits per heavy atom. The summed E-state index contributed by atoms with van der Waals surface area (Å²) in [4.78, 5) is 8.18. The highest BCUT2D eigenvalue weighted by Crippen LogP contribution is 2.21. The van der Waals surface area contributed by atoms with E-state index < -0.39 is 0 Å². The summed E-state index contributed by atoms with van der Waals surface area (Å²) in [5.74, 6) is 0.496. The van der Waals surface area contributed by atoms with Gasteiger partial charge in [0.2, 0.25) is 0 Å². The molecule has 1 aromatic carbocycles. The van der Waals surface area contributed by atoms with Crippen LogP contribution >= 0.6 is 27.5 Å². The van der Waals surface area contributed by atoms with Gasteiger partial charge < -0.3 is 4.74 Å². The Kier molecular flexibility index (Phi) is 4.14. The normalized spacial score (nSPS) is 10.4. The van der Waals surface area contributed by atoms with E-state index in [0.717, 1.165) is 5.69 Å². The van der Waals surface area contributed by atoms with Crippen LogP contribution in [0.5, 0.6) is 5.75 Å². The molecule has 0 aliphatic heterocycles. The van der Waals surface area contributed by atoms with Gasteiger partial charge in [0.25, 0.3) is 0 Å². The first-order valence-electron chi connectivity index (χ1n) is 5.12. The molecule has 0 spiro atoms. The summed E-state index contributed by atoms with van der Waals surface area (Å²) >= 11 is 8.88. The van der Waals surface area contributed by atoms with Gasteiger partial charge in [-0.15, -0.1) is 0 Å². The first-order valence-corrected chi connectivity index (χ1v) is 6.29. The van der Waals surface area contributed by atoms with E-state index >= 15 is 0 Å². The van der Waals surface area contributed by atoms with Crippen molar-refractivity contribution in [3.63, 3.8) is 0 Å². The number of rotatable bonds is 3. The van der Waals surface area contributed by atoms with Crippen LogP contribution in [0.25, 0.3) is 0 Å². The second-order valence-electron chi connectivity index (χ2n) is 3.61. The molecule has 0 aliphatic carbocycles. The first-order chi connectivity index (χ1) is 8.54. The third-order valence-corrected chi connectivity index (χ3v) is 2.97. The Labute approximate surface area is 117 Å². The number of nitrogens with zero attached hydrogens (tertiary/aromatic N) is 2. The van der Waals surface area contributed by atoms with Crippen LogP contribution in [-0.2, 0) is 6.61 Å². The zero-order chi connectivity index (χ0) is 13.1. The van der Waals surface area contributed by atoms with Gasteiger partial charge in [-0.3, -0.25) is 0 Å². The third kappa shape index (κ3) is 3.40. The van der Waals surface area contributed by atoms with Crippen LogP contribution in [0.4, 0.5) is 4.39 Å². The molecule has 6 heteroatoms. The molecule has 0 saturated heterocycles. The van der Waals surface area contributed by atoms with E-state index in [1.807, 2.05) is 6.92 Å². The summed E-state index contributed by atoms with van der Waals surface area (Å²) in [6.45, 7) is 1.96. The molecule has 0 aliphatic rings. The fourth-order valence-electron chi connectivity index (χ4n) is 1.37. The van der Waals surface area contributed by atoms with E-state index in [1.54, 1.807) is 18.2 Å². The second kappa shape index (κ2) is 5.63. The van der Waals surface area contributed by atoms with Crippen molar-refractivity contribution in [1.29, 1.82) is 0 Å². The maximum Gasteiger partial charge on any atom is 0.167 e. The number of benzene rings is 1. The number of ether oxygens (including phenoxy) is 1. The highest BCUT2D eigenvalue weighted by Gasteiger charge is 2.04. The number of aryl methyl sites for hydroxylation is 1. The van der Waals surface area contributed by atoms with Crippen LogP contribution in [0.15, 0.2) is 28.7 Å². The lowest BCUT2D eigenvalue weighted by Gasteiger charge is -2.06. The molecule has 3 nitrogen and oxygen atoms in total. The van der Waals surface area contributed by atoms with Crippen molar-refractivity contribution in [2.45, 2.75) is 13.5 Å². The topological polar surface area (TPSA) is 35.0 Å². The molecule has 18 heavy (non-hydrogen) atoms. The van der Waals surface area contributed by atoms with Crippen LogP contribution in [0.2, 0.25) is 5.15 Å². The average molecular weight is 332 g/mol. The quantitative estimate of drug-likeness (QED) is 0.800. The predicted molar refractivity (Wildman–Crippen MR) is 70.2 cm³/mol. The molecule has 94 valence electrons. The number of aromatic nitrogens is 2. The zero-order valence-corrected chi connectivity index (χ0v) is 11.8. The minimum Gasteiger partial charge on any atom is -0.486 e. The molecule has 0 saturated carbocycles. The summed E-state index contributed by atoms with van der Waals surface area (Å²) in [6.07, 6.45) is 0. The number of hydrogen-bond donors (Lipinski definition) is 0. The highest BCUT2D eigenvalue weighted by atomic mass is 79.9. The van der Waals surface area contributed by atoms with E-state index in [4.69, 9.17) is 16.3 Å². The lowest BCUT2D eigenvalue weighted by atomic mass is 10.3. The van der Waals surface area contributed by atoms with Crippen LogP contribution in [0.3, 0.4) is 0 Å². The van der Waals surface area contributed by atoms with Gasteiger partial charge in [0, 0.05) is 11.8 Å². The molecule has 0 fully saturated rings. The fourth-order valence-corrected chi connectivity index (χ4v) is 1.87. The van der Waals surface area contributed by atoms with Gasteiger partial charge in [-0.25, -0.2) is 14.4 Å². The molecule has 0 radical (unpaired) electrons. The molecule has 1 aromatic heterocycles. The minimum atomic E-state index is -0.379. The summed E-state index contributed by atoms with van der Waals surface area (Å²) in [5, 5.41) is 0.364. The largest absolute Gasteiger partial charge is 0.486 e. The van der Waals surface area contributed by atoms with Gasteiger partial charge in [-0.1, -0.05) is 11.6 Å². The van der Waals surface area contributed by atoms with Crippen molar-refractivity contribution >= 4 is 27.5 Å². The van der Waals surface area contributed by atoms with Gasteiger partial charge in [0.1, 0.15) is 23.3 Å². The first kappa shape index (κ1) is 13.2. The number of halogens is 3. The average Bonchev–Trinajstić information content (AvgIpc) is 2.29. The Morgan fingerprint density at radius 2 is 2.11 bits per heavy atom. The van der Waals surface area contributed by atoms with Crippen LogP contribution in [-0.4, -0.2) is 9.97 Å². The molecule has 0 N–H and O–H groups in total. The number of hydrogen-bond acceptors (Lipinski definition) is 3. The second-order valence-corrected chi connectivity index (χ2v) is 4.85. The maximum absolute atomic E-state index is 13.3. The van der Waals surface area contributed by atoms with Gasteiger partial charge in [-0.2, -0.15) is 0 Å². The lowest BCUT2D eigenvalue weighted by Crippen LogP contribution is -2.03. The molecule has 0 amide bonds. The van der Waals surface area contributed by atoms with Gasteiger partial charge in [0.05, 0.1) is 4.47 Å². The molecule has 0 unspecified atom stereocenters. The Hall–Kier alpha value is -1.20. The molecular formula is C12H9BrClFN2O. The smallest absolute Gasteiger partial charge is 0.167 e. The van der Waals surface area contributed by atoms with Crippen molar-refractivity contribution in [2.24, 2.45) is 0 Å². The molecule has 2 aromatic rings. The van der Waals surface area contributed by atoms with Crippen LogP contribution in [0.1, 0.15) is 11.5 Å². The van der Waals surface area contributed by atoms with E-state index in [9.17, 15) is 4.39 Å². The molecule has 2 rings (SSSR count). The van der Waals surface area contributed by atoms with Crippen molar-refractivity contribution in [2.75, 3.05) is 0 Å². The van der Waals surface area contributed by atoms with Crippen molar-refractivity contribution in [3.05, 3.63) is 51.2 Å². The standard InChI is InChI=1S/C12H9BrClFN2O/c1-7-4-11(14)17-12(16-7)6-18-8-2-3-9(13)10(15)5-8/h2-5H,6H2,1H3. The summed E-state index contributed by atoms with van der Waals surface area (Å²) < 4.78 is 19.0.